The summed E-state index contributed by atoms with van der Waals surface area (Å²) in [5.74, 6) is -0.973. The van der Waals surface area contributed by atoms with Crippen LogP contribution in [0.2, 0.25) is 0 Å². The number of nitrogens with zero attached hydrogens (tertiary/aromatic N) is 4. The summed E-state index contributed by atoms with van der Waals surface area (Å²) < 4.78 is 37.2. The lowest BCUT2D eigenvalue weighted by molar-refractivity contribution is -0.385. The Balaban J connectivity index is 1.38. The van der Waals surface area contributed by atoms with Gasteiger partial charge in [0.15, 0.2) is 18.1 Å². The van der Waals surface area contributed by atoms with Gasteiger partial charge in [0.1, 0.15) is 17.1 Å². The van der Waals surface area contributed by atoms with Gasteiger partial charge in [0, 0.05) is 11.6 Å². The molecule has 0 unspecified atom stereocenters. The number of nitrogens with one attached hydrogen (secondary N) is 1. The molecule has 0 aliphatic carbocycles. The molecule has 6 aromatic rings. The number of methoxy groups -OCH3 is 2. The van der Waals surface area contributed by atoms with Crippen molar-refractivity contribution < 1.29 is 32.7 Å². The van der Waals surface area contributed by atoms with Gasteiger partial charge in [-0.3, -0.25) is 19.7 Å². The van der Waals surface area contributed by atoms with Gasteiger partial charge in [-0.05, 0) is 48.5 Å². The molecule has 0 aliphatic rings. The van der Waals surface area contributed by atoms with E-state index < -0.39 is 34.5 Å². The Morgan fingerprint density at radius 3 is 2.55 bits per heavy atom. The maximum absolute atomic E-state index is 13.9. The summed E-state index contributed by atoms with van der Waals surface area (Å²) in [6.07, 6.45) is 1.22. The van der Waals surface area contributed by atoms with Crippen molar-refractivity contribution in [3.8, 4) is 28.8 Å². The molecule has 0 atom stereocenters. The van der Waals surface area contributed by atoms with Crippen molar-refractivity contribution in [3.05, 3.63) is 117 Å². The highest BCUT2D eigenvalue weighted by molar-refractivity contribution is 5.92. The molecule has 2 aromatic heterocycles. The van der Waals surface area contributed by atoms with Crippen LogP contribution in [0, 0.1) is 15.9 Å². The van der Waals surface area contributed by atoms with E-state index in [0.717, 1.165) is 10.7 Å². The number of halogens is 1. The lowest BCUT2D eigenvalue weighted by Crippen LogP contribution is -2.21. The summed E-state index contributed by atoms with van der Waals surface area (Å²) in [5, 5.41) is 19.7. The molecule has 2 heterocycles. The first-order chi connectivity index (χ1) is 22.8. The second kappa shape index (κ2) is 12.8. The van der Waals surface area contributed by atoms with E-state index in [0.29, 0.717) is 22.2 Å². The SMILES string of the molecule is COc1cc(C=Nn2c(-c3cc4c(OC)cccc4o3)nc3ccccc3c2=O)cc([N+](=O)[O-])c1OCC(=O)Nc1ccccc1F. The third-order valence-electron chi connectivity index (χ3n) is 7.01. The van der Waals surface area contributed by atoms with Crippen LogP contribution in [0.4, 0.5) is 15.8 Å². The highest BCUT2D eigenvalue weighted by Crippen LogP contribution is 2.38. The van der Waals surface area contributed by atoms with Crippen molar-refractivity contribution in [2.45, 2.75) is 0 Å². The molecule has 6 rings (SSSR count). The highest BCUT2D eigenvalue weighted by Gasteiger charge is 2.24. The zero-order chi connectivity index (χ0) is 33.1. The summed E-state index contributed by atoms with van der Waals surface area (Å²) in [6, 6.07) is 21.7. The first-order valence-corrected chi connectivity index (χ1v) is 13.9. The van der Waals surface area contributed by atoms with Crippen LogP contribution in [0.3, 0.4) is 0 Å². The van der Waals surface area contributed by atoms with Crippen LogP contribution in [0.1, 0.15) is 5.56 Å². The molecule has 0 fully saturated rings. The van der Waals surface area contributed by atoms with Gasteiger partial charge in [-0.1, -0.05) is 30.3 Å². The number of aromatic nitrogens is 2. The van der Waals surface area contributed by atoms with Gasteiger partial charge >= 0.3 is 5.69 Å². The predicted molar refractivity (Wildman–Crippen MR) is 171 cm³/mol. The summed E-state index contributed by atoms with van der Waals surface area (Å²) in [5.41, 5.74) is -0.0719. The van der Waals surface area contributed by atoms with Crippen LogP contribution in [-0.4, -0.2) is 47.5 Å². The summed E-state index contributed by atoms with van der Waals surface area (Å²) >= 11 is 0. The smallest absolute Gasteiger partial charge is 0.315 e. The Hall–Kier alpha value is -6.57. The average molecular weight is 638 g/mol. The van der Waals surface area contributed by atoms with Crippen molar-refractivity contribution in [3.63, 3.8) is 0 Å². The molecule has 4 aromatic carbocycles. The quantitative estimate of drug-likeness (QED) is 0.112. The summed E-state index contributed by atoms with van der Waals surface area (Å²) in [4.78, 5) is 42.1. The lowest BCUT2D eigenvalue weighted by atomic mass is 10.2. The Kier molecular flexibility index (Phi) is 8.30. The molecule has 236 valence electrons. The van der Waals surface area contributed by atoms with E-state index in [9.17, 15) is 24.1 Å². The number of ether oxygens (including phenoxy) is 3. The van der Waals surface area contributed by atoms with Crippen LogP contribution in [0.5, 0.6) is 17.2 Å². The van der Waals surface area contributed by atoms with Crippen LogP contribution in [-0.2, 0) is 4.79 Å². The van der Waals surface area contributed by atoms with E-state index in [2.05, 4.69) is 15.4 Å². The van der Waals surface area contributed by atoms with Gasteiger partial charge in [0.25, 0.3) is 11.5 Å². The fourth-order valence-electron chi connectivity index (χ4n) is 4.84. The Bertz CT molecular complexity index is 2260. The molecule has 0 radical (unpaired) electrons. The number of benzene rings is 4. The van der Waals surface area contributed by atoms with Crippen LogP contribution in [0.25, 0.3) is 33.5 Å². The molecule has 0 saturated carbocycles. The van der Waals surface area contributed by atoms with Gasteiger partial charge in [-0.25, -0.2) is 9.37 Å². The molecule has 47 heavy (non-hydrogen) atoms. The lowest BCUT2D eigenvalue weighted by Gasteiger charge is -2.12. The standard InChI is InChI=1S/C33H24FN5O8/c1-44-26-12-7-13-27-21(26)16-29(47-27)32-37-23-10-5-3-8-20(23)33(41)38(32)35-17-19-14-25(39(42)43)31(28(15-19)45-2)46-18-30(40)36-24-11-6-4-9-22(24)34/h3-17H,18H2,1-2H3,(H,36,40). The largest absolute Gasteiger partial charge is 0.496 e. The molecule has 14 heteroatoms. The second-order valence-electron chi connectivity index (χ2n) is 9.94. The number of carbonyl (C=O) groups excluding carboxylic acids is 1. The number of hydrogen-bond acceptors (Lipinski definition) is 10. The van der Waals surface area contributed by atoms with Crippen molar-refractivity contribution in [1.82, 2.24) is 9.66 Å². The topological polar surface area (TPSA) is 160 Å². The number of para-hydroxylation sites is 2. The van der Waals surface area contributed by atoms with E-state index in [1.807, 2.05) is 0 Å². The van der Waals surface area contributed by atoms with Crippen molar-refractivity contribution in [2.24, 2.45) is 5.10 Å². The number of furan rings is 1. The van der Waals surface area contributed by atoms with E-state index in [1.54, 1.807) is 48.5 Å². The molecular weight excluding hydrogens is 613 g/mol. The normalized spacial score (nSPS) is 11.2. The van der Waals surface area contributed by atoms with Crippen molar-refractivity contribution in [1.29, 1.82) is 0 Å². The van der Waals surface area contributed by atoms with Gasteiger partial charge in [-0.2, -0.15) is 9.78 Å². The number of amides is 1. The highest BCUT2D eigenvalue weighted by atomic mass is 19.1. The average Bonchev–Trinajstić information content (AvgIpc) is 3.52. The zero-order valence-electron chi connectivity index (χ0n) is 24.8. The molecule has 13 nitrogen and oxygen atoms in total. The number of rotatable bonds is 10. The Labute approximate surface area is 264 Å². The summed E-state index contributed by atoms with van der Waals surface area (Å²) in [7, 11) is 2.79. The maximum atomic E-state index is 13.9. The zero-order valence-corrected chi connectivity index (χ0v) is 24.8. The number of fused-ring (bicyclic) bond motifs is 2. The van der Waals surface area contributed by atoms with E-state index in [1.165, 1.54) is 50.8 Å². The van der Waals surface area contributed by atoms with Crippen LogP contribution < -0.4 is 25.1 Å². The van der Waals surface area contributed by atoms with Crippen molar-refractivity contribution >= 4 is 45.4 Å². The molecule has 0 spiro atoms. The van der Waals surface area contributed by atoms with E-state index in [4.69, 9.17) is 18.6 Å². The monoisotopic (exact) mass is 637 g/mol. The van der Waals surface area contributed by atoms with Crippen LogP contribution >= 0.6 is 0 Å². The Morgan fingerprint density at radius 2 is 1.79 bits per heavy atom. The fraction of sp³-hybridized carbons (Fsp3) is 0.0909. The van der Waals surface area contributed by atoms with Crippen molar-refractivity contribution in [2.75, 3.05) is 26.1 Å². The fourth-order valence-corrected chi connectivity index (χ4v) is 4.84. The number of carbonyl (C=O) groups is 1. The number of nitro groups is 1. The first-order valence-electron chi connectivity index (χ1n) is 13.9. The van der Waals surface area contributed by atoms with Gasteiger partial charge in [0.2, 0.25) is 11.6 Å². The minimum Gasteiger partial charge on any atom is -0.496 e. The predicted octanol–water partition coefficient (Wildman–Crippen LogP) is 5.77. The Morgan fingerprint density at radius 1 is 1.02 bits per heavy atom. The molecule has 0 aliphatic heterocycles. The molecule has 1 N–H and O–H groups in total. The number of nitro benzene ring substituents is 1. The van der Waals surface area contributed by atoms with Crippen LogP contribution in [0.15, 0.2) is 99.2 Å². The molecule has 0 saturated heterocycles. The third-order valence-corrected chi connectivity index (χ3v) is 7.01. The first kappa shape index (κ1) is 30.5. The summed E-state index contributed by atoms with van der Waals surface area (Å²) in [6.45, 7) is -0.678. The maximum Gasteiger partial charge on any atom is 0.315 e. The second-order valence-corrected chi connectivity index (χ2v) is 9.94. The molecule has 1 amide bonds. The third kappa shape index (κ3) is 6.07. The van der Waals surface area contributed by atoms with Gasteiger partial charge in [-0.15, -0.1) is 0 Å². The number of hydrogen-bond donors (Lipinski definition) is 1. The molecule has 0 bridgehead atoms. The minimum absolute atomic E-state index is 0.0745. The van der Waals surface area contributed by atoms with E-state index >= 15 is 0 Å². The molecular formula is C33H24FN5O8. The van der Waals surface area contributed by atoms with Gasteiger partial charge < -0.3 is 23.9 Å². The van der Waals surface area contributed by atoms with Gasteiger partial charge in [0.05, 0.1) is 47.3 Å². The minimum atomic E-state index is -0.754. The number of anilines is 1. The van der Waals surface area contributed by atoms with E-state index in [-0.39, 0.29) is 39.7 Å².